The third-order valence-electron chi connectivity index (χ3n) is 4.43. The van der Waals surface area contributed by atoms with Gasteiger partial charge in [-0.15, -0.1) is 5.10 Å². The molecule has 0 amide bonds. The summed E-state index contributed by atoms with van der Waals surface area (Å²) in [5, 5.41) is 12.5. The molecule has 6 heteroatoms. The minimum Gasteiger partial charge on any atom is -0.301 e. The van der Waals surface area contributed by atoms with Crippen molar-refractivity contribution >= 4 is 0 Å². The molecule has 0 saturated carbocycles. The van der Waals surface area contributed by atoms with Gasteiger partial charge in [0.1, 0.15) is 0 Å². The molecule has 0 radical (unpaired) electrons. The molecule has 21 heavy (non-hydrogen) atoms. The second-order valence-corrected chi connectivity index (χ2v) is 6.20. The SMILES string of the molecule is CCCCC(c1nnnn1C(C)C)N1CCN(CC)CC1. The number of nitrogens with zero attached hydrogens (tertiary/aromatic N) is 6. The molecule has 1 atom stereocenters. The molecule has 0 aromatic carbocycles. The van der Waals surface area contributed by atoms with Crippen molar-refractivity contribution in [2.75, 3.05) is 32.7 Å². The standard InChI is InChI=1S/C15H30N6/c1-5-7-8-14(15-16-17-18-21(15)13(3)4)20-11-9-19(6-2)10-12-20/h13-14H,5-12H2,1-4H3. The smallest absolute Gasteiger partial charge is 0.168 e. The Balaban J connectivity index is 2.12. The van der Waals surface area contributed by atoms with Crippen molar-refractivity contribution in [3.8, 4) is 0 Å². The van der Waals surface area contributed by atoms with Crippen molar-refractivity contribution in [1.29, 1.82) is 0 Å². The molecule has 120 valence electrons. The third kappa shape index (κ3) is 4.01. The Bertz CT molecular complexity index is 408. The normalized spacial score (nSPS) is 19.3. The Kier molecular flexibility index (Phi) is 6.11. The highest BCUT2D eigenvalue weighted by molar-refractivity contribution is 4.96. The molecule has 0 spiro atoms. The van der Waals surface area contributed by atoms with E-state index in [1.807, 2.05) is 4.68 Å². The summed E-state index contributed by atoms with van der Waals surface area (Å²) in [5.74, 6) is 1.04. The third-order valence-corrected chi connectivity index (χ3v) is 4.43. The second-order valence-electron chi connectivity index (χ2n) is 6.20. The van der Waals surface area contributed by atoms with Crippen LogP contribution < -0.4 is 0 Å². The van der Waals surface area contributed by atoms with Crippen LogP contribution in [0.25, 0.3) is 0 Å². The molecular weight excluding hydrogens is 264 g/mol. The molecule has 2 heterocycles. The molecular formula is C15H30N6. The lowest BCUT2D eigenvalue weighted by molar-refractivity contribution is 0.0874. The van der Waals surface area contributed by atoms with Crippen LogP contribution in [0.15, 0.2) is 0 Å². The Morgan fingerprint density at radius 1 is 1.10 bits per heavy atom. The molecule has 1 fully saturated rings. The molecule has 1 aliphatic rings. The molecule has 0 aliphatic carbocycles. The summed E-state index contributed by atoms with van der Waals surface area (Å²) in [6.07, 6.45) is 3.59. The number of hydrogen-bond acceptors (Lipinski definition) is 5. The summed E-state index contributed by atoms with van der Waals surface area (Å²) in [7, 11) is 0. The fourth-order valence-electron chi connectivity index (χ4n) is 3.05. The lowest BCUT2D eigenvalue weighted by Gasteiger charge is -2.38. The number of tetrazole rings is 1. The summed E-state index contributed by atoms with van der Waals surface area (Å²) in [4.78, 5) is 5.09. The Morgan fingerprint density at radius 2 is 1.81 bits per heavy atom. The highest BCUT2D eigenvalue weighted by Gasteiger charge is 2.28. The predicted octanol–water partition coefficient (Wildman–Crippen LogP) is 2.12. The summed E-state index contributed by atoms with van der Waals surface area (Å²) in [5.41, 5.74) is 0. The zero-order chi connectivity index (χ0) is 15.2. The van der Waals surface area contributed by atoms with E-state index in [4.69, 9.17) is 0 Å². The van der Waals surface area contributed by atoms with E-state index in [1.165, 1.54) is 12.8 Å². The van der Waals surface area contributed by atoms with Crippen LogP contribution in [-0.4, -0.2) is 62.7 Å². The minimum absolute atomic E-state index is 0.316. The Morgan fingerprint density at radius 3 is 2.38 bits per heavy atom. The van der Waals surface area contributed by atoms with E-state index in [0.717, 1.165) is 45.0 Å². The molecule has 1 aliphatic heterocycles. The van der Waals surface area contributed by atoms with E-state index in [9.17, 15) is 0 Å². The van der Waals surface area contributed by atoms with Gasteiger partial charge in [0.25, 0.3) is 0 Å². The largest absolute Gasteiger partial charge is 0.301 e. The fraction of sp³-hybridized carbons (Fsp3) is 0.933. The van der Waals surface area contributed by atoms with Crippen molar-refractivity contribution < 1.29 is 0 Å². The van der Waals surface area contributed by atoms with Crippen LogP contribution in [0.3, 0.4) is 0 Å². The number of piperazine rings is 1. The number of unbranched alkanes of at least 4 members (excludes halogenated alkanes) is 1. The first-order chi connectivity index (χ1) is 10.2. The zero-order valence-electron chi connectivity index (χ0n) is 14.0. The number of rotatable bonds is 7. The van der Waals surface area contributed by atoms with Gasteiger partial charge in [0.05, 0.1) is 12.1 Å². The summed E-state index contributed by atoms with van der Waals surface area (Å²) < 4.78 is 1.99. The predicted molar refractivity (Wildman–Crippen MR) is 84.2 cm³/mol. The maximum absolute atomic E-state index is 4.35. The minimum atomic E-state index is 0.316. The van der Waals surface area contributed by atoms with Gasteiger partial charge in [-0.05, 0) is 37.2 Å². The zero-order valence-corrected chi connectivity index (χ0v) is 14.0. The first-order valence-corrected chi connectivity index (χ1v) is 8.41. The molecule has 2 rings (SSSR count). The van der Waals surface area contributed by atoms with E-state index in [-0.39, 0.29) is 0 Å². The quantitative estimate of drug-likeness (QED) is 0.771. The number of likely N-dealkylation sites (N-methyl/N-ethyl adjacent to an activating group) is 1. The molecule has 6 nitrogen and oxygen atoms in total. The monoisotopic (exact) mass is 294 g/mol. The maximum Gasteiger partial charge on any atom is 0.168 e. The first kappa shape index (κ1) is 16.4. The first-order valence-electron chi connectivity index (χ1n) is 8.41. The second kappa shape index (κ2) is 7.84. The van der Waals surface area contributed by atoms with E-state index < -0.39 is 0 Å². The van der Waals surface area contributed by atoms with Crippen molar-refractivity contribution in [2.24, 2.45) is 0 Å². The van der Waals surface area contributed by atoms with Crippen LogP contribution in [0.2, 0.25) is 0 Å². The number of hydrogen-bond donors (Lipinski definition) is 0. The topological polar surface area (TPSA) is 50.1 Å². The van der Waals surface area contributed by atoms with Gasteiger partial charge >= 0.3 is 0 Å². The van der Waals surface area contributed by atoms with Crippen LogP contribution >= 0.6 is 0 Å². The van der Waals surface area contributed by atoms with Gasteiger partial charge in [-0.1, -0.05) is 26.7 Å². The van der Waals surface area contributed by atoms with Gasteiger partial charge < -0.3 is 4.90 Å². The van der Waals surface area contributed by atoms with Crippen LogP contribution in [0.1, 0.15) is 64.9 Å². The molecule has 0 N–H and O–H groups in total. The van der Waals surface area contributed by atoms with Crippen molar-refractivity contribution in [1.82, 2.24) is 30.0 Å². The molecule has 1 unspecified atom stereocenters. The van der Waals surface area contributed by atoms with Gasteiger partial charge in [-0.25, -0.2) is 4.68 Å². The van der Waals surface area contributed by atoms with Crippen molar-refractivity contribution in [3.05, 3.63) is 5.82 Å². The van der Waals surface area contributed by atoms with E-state index in [2.05, 4.69) is 53.0 Å². The van der Waals surface area contributed by atoms with E-state index in [0.29, 0.717) is 12.1 Å². The Hall–Kier alpha value is -1.01. The van der Waals surface area contributed by atoms with E-state index in [1.54, 1.807) is 0 Å². The van der Waals surface area contributed by atoms with Crippen molar-refractivity contribution in [2.45, 2.75) is 59.0 Å². The van der Waals surface area contributed by atoms with Gasteiger partial charge in [-0.3, -0.25) is 4.90 Å². The lowest BCUT2D eigenvalue weighted by Crippen LogP contribution is -2.47. The highest BCUT2D eigenvalue weighted by Crippen LogP contribution is 2.27. The molecule has 1 aromatic rings. The van der Waals surface area contributed by atoms with Gasteiger partial charge in [0.2, 0.25) is 0 Å². The summed E-state index contributed by atoms with van der Waals surface area (Å²) in [6, 6.07) is 0.678. The van der Waals surface area contributed by atoms with Gasteiger partial charge in [0, 0.05) is 26.2 Å². The molecule has 1 aromatic heterocycles. The summed E-state index contributed by atoms with van der Waals surface area (Å²) >= 11 is 0. The van der Waals surface area contributed by atoms with Gasteiger partial charge in [0.15, 0.2) is 5.82 Å². The van der Waals surface area contributed by atoms with Crippen LogP contribution in [0.4, 0.5) is 0 Å². The highest BCUT2D eigenvalue weighted by atomic mass is 15.6. The lowest BCUT2D eigenvalue weighted by atomic mass is 10.1. The Labute approximate surface area is 128 Å². The summed E-state index contributed by atoms with van der Waals surface area (Å²) in [6.45, 7) is 14.5. The fourth-order valence-corrected chi connectivity index (χ4v) is 3.05. The van der Waals surface area contributed by atoms with Crippen molar-refractivity contribution in [3.63, 3.8) is 0 Å². The average molecular weight is 294 g/mol. The van der Waals surface area contributed by atoms with E-state index >= 15 is 0 Å². The van der Waals surface area contributed by atoms with Crippen LogP contribution in [0.5, 0.6) is 0 Å². The van der Waals surface area contributed by atoms with Gasteiger partial charge in [-0.2, -0.15) is 0 Å². The maximum atomic E-state index is 4.35. The molecule has 0 bridgehead atoms. The average Bonchev–Trinajstić information content (AvgIpc) is 2.98. The van der Waals surface area contributed by atoms with Crippen LogP contribution in [0, 0.1) is 0 Å². The van der Waals surface area contributed by atoms with Crippen LogP contribution in [-0.2, 0) is 0 Å². The number of aromatic nitrogens is 4. The molecule has 1 saturated heterocycles.